The summed E-state index contributed by atoms with van der Waals surface area (Å²) in [7, 11) is 0. The summed E-state index contributed by atoms with van der Waals surface area (Å²) >= 11 is 0. The Morgan fingerprint density at radius 2 is 1.69 bits per heavy atom. The van der Waals surface area contributed by atoms with Gasteiger partial charge in [-0.1, -0.05) is 81.1 Å². The van der Waals surface area contributed by atoms with Gasteiger partial charge in [-0.3, -0.25) is 0 Å². The lowest BCUT2D eigenvalue weighted by Crippen LogP contribution is -2.47. The molecule has 0 aromatic heterocycles. The Balaban J connectivity index is 1.65. The first kappa shape index (κ1) is 26.1. The van der Waals surface area contributed by atoms with Gasteiger partial charge in [0.2, 0.25) is 0 Å². The van der Waals surface area contributed by atoms with Crippen LogP contribution in [0.1, 0.15) is 76.3 Å². The topological polar surface area (TPSA) is 3.24 Å². The molecule has 1 fully saturated rings. The predicted molar refractivity (Wildman–Crippen MR) is 143 cm³/mol. The molecule has 0 N–H and O–H groups in total. The van der Waals surface area contributed by atoms with Crippen LogP contribution in [0.3, 0.4) is 0 Å². The van der Waals surface area contributed by atoms with Gasteiger partial charge in [0.1, 0.15) is 0 Å². The molecule has 1 aromatic rings. The number of benzene rings is 1. The van der Waals surface area contributed by atoms with Crippen molar-refractivity contribution < 1.29 is 0 Å². The summed E-state index contributed by atoms with van der Waals surface area (Å²) in [5.41, 5.74) is 8.76. The minimum Gasteiger partial charge on any atom is -0.302 e. The molecule has 1 aliphatic heterocycles. The van der Waals surface area contributed by atoms with E-state index in [-0.39, 0.29) is 0 Å². The lowest BCUT2D eigenvalue weighted by Gasteiger charge is -2.41. The number of hydrogen-bond donors (Lipinski definition) is 0. The van der Waals surface area contributed by atoms with Crippen LogP contribution in [0, 0.1) is 12.8 Å². The summed E-state index contributed by atoms with van der Waals surface area (Å²) in [4.78, 5) is 2.57. The zero-order chi connectivity index (χ0) is 23.7. The Morgan fingerprint density at radius 3 is 2.25 bits per heavy atom. The average Bonchev–Trinajstić information content (AvgIpc) is 2.74. The Morgan fingerprint density at radius 1 is 1.03 bits per heavy atom. The van der Waals surface area contributed by atoms with E-state index in [9.17, 15) is 0 Å². The van der Waals surface area contributed by atoms with E-state index in [1.54, 1.807) is 0 Å². The highest BCUT2D eigenvalue weighted by Crippen LogP contribution is 2.32. The second kappa shape index (κ2) is 12.8. The van der Waals surface area contributed by atoms with Crippen LogP contribution in [-0.4, -0.2) is 24.5 Å². The third-order valence-electron chi connectivity index (χ3n) is 7.04. The van der Waals surface area contributed by atoms with Crippen LogP contribution in [0.25, 0.3) is 0 Å². The molecule has 1 nitrogen and oxygen atoms in total. The Labute approximate surface area is 198 Å². The summed E-state index contributed by atoms with van der Waals surface area (Å²) in [5, 5.41) is 0. The summed E-state index contributed by atoms with van der Waals surface area (Å²) in [5.74, 6) is 1.19. The Kier molecular flexibility index (Phi) is 10.5. The van der Waals surface area contributed by atoms with Crippen molar-refractivity contribution in [1.82, 2.24) is 4.90 Å². The van der Waals surface area contributed by atoms with Crippen molar-refractivity contribution in [2.24, 2.45) is 5.92 Å². The Bertz CT molecular complexity index is 830. The SMILES string of the molecule is C=C(CCCCCN1CC(/C(=C\C)C(=C)C)C1)C(=C)C(=C)CC(CC)c1ccc(C)cc1. The summed E-state index contributed by atoms with van der Waals surface area (Å²) in [6, 6.07) is 8.92. The van der Waals surface area contributed by atoms with E-state index in [2.05, 4.69) is 89.3 Å². The van der Waals surface area contributed by atoms with Crippen molar-refractivity contribution in [3.8, 4) is 0 Å². The molecule has 0 bridgehead atoms. The number of rotatable bonds is 14. The molecule has 0 amide bonds. The van der Waals surface area contributed by atoms with Crippen molar-refractivity contribution in [3.63, 3.8) is 0 Å². The molecule has 1 heteroatoms. The van der Waals surface area contributed by atoms with Gasteiger partial charge in [-0.2, -0.15) is 0 Å². The van der Waals surface area contributed by atoms with E-state index in [4.69, 9.17) is 0 Å². The molecule has 0 radical (unpaired) electrons. The molecule has 0 aliphatic carbocycles. The highest BCUT2D eigenvalue weighted by molar-refractivity contribution is 5.43. The fourth-order valence-electron chi connectivity index (χ4n) is 4.79. The molecule has 1 saturated heterocycles. The van der Waals surface area contributed by atoms with E-state index in [1.807, 2.05) is 0 Å². The van der Waals surface area contributed by atoms with Crippen molar-refractivity contribution in [3.05, 3.63) is 95.6 Å². The first-order valence-electron chi connectivity index (χ1n) is 12.4. The van der Waals surface area contributed by atoms with Crippen LogP contribution in [0.2, 0.25) is 0 Å². The van der Waals surface area contributed by atoms with Gasteiger partial charge in [0.05, 0.1) is 0 Å². The van der Waals surface area contributed by atoms with Crippen LogP contribution in [-0.2, 0) is 0 Å². The fraction of sp³-hybridized carbons (Fsp3) is 0.484. The largest absolute Gasteiger partial charge is 0.302 e. The lowest BCUT2D eigenvalue weighted by atomic mass is 9.85. The van der Waals surface area contributed by atoms with Gasteiger partial charge < -0.3 is 4.90 Å². The zero-order valence-electron chi connectivity index (χ0n) is 21.2. The molecule has 1 heterocycles. The van der Waals surface area contributed by atoms with Gasteiger partial charge >= 0.3 is 0 Å². The summed E-state index contributed by atoms with van der Waals surface area (Å²) in [6.07, 6.45) is 9.03. The van der Waals surface area contributed by atoms with Crippen molar-refractivity contribution in [2.75, 3.05) is 19.6 Å². The molecule has 174 valence electrons. The van der Waals surface area contributed by atoms with Gasteiger partial charge in [0.15, 0.2) is 0 Å². The molecule has 1 atom stereocenters. The first-order chi connectivity index (χ1) is 15.3. The van der Waals surface area contributed by atoms with Gasteiger partial charge in [-0.25, -0.2) is 0 Å². The normalized spacial score (nSPS) is 15.8. The van der Waals surface area contributed by atoms with Crippen molar-refractivity contribution in [1.29, 1.82) is 0 Å². The van der Waals surface area contributed by atoms with Crippen LogP contribution < -0.4 is 0 Å². The monoisotopic (exact) mass is 431 g/mol. The van der Waals surface area contributed by atoms with Gasteiger partial charge in [0, 0.05) is 19.0 Å². The molecule has 1 aliphatic rings. The van der Waals surface area contributed by atoms with E-state index in [1.165, 1.54) is 61.2 Å². The molecule has 32 heavy (non-hydrogen) atoms. The van der Waals surface area contributed by atoms with Crippen molar-refractivity contribution in [2.45, 2.75) is 72.1 Å². The number of likely N-dealkylation sites (tertiary alicyclic amines) is 1. The van der Waals surface area contributed by atoms with Gasteiger partial charge in [0.25, 0.3) is 0 Å². The fourth-order valence-corrected chi connectivity index (χ4v) is 4.79. The molecular weight excluding hydrogens is 386 g/mol. The molecule has 2 rings (SSSR count). The maximum absolute atomic E-state index is 4.36. The standard InChI is InChI=1S/C31H45N/c1-9-28(29-17-15-24(5)16-18-29)20-26(7)27(8)25(6)14-12-11-13-19-32-21-30(22-32)31(10-2)23(3)4/h10,15-18,28,30H,3,6-9,11-14,19-22H2,1-2,4-5H3/b31-10-. The second-order valence-corrected chi connectivity index (χ2v) is 9.70. The summed E-state index contributed by atoms with van der Waals surface area (Å²) < 4.78 is 0. The van der Waals surface area contributed by atoms with E-state index in [0.717, 1.165) is 36.0 Å². The average molecular weight is 432 g/mol. The van der Waals surface area contributed by atoms with Gasteiger partial charge in [-0.15, -0.1) is 0 Å². The molecule has 0 spiro atoms. The second-order valence-electron chi connectivity index (χ2n) is 9.70. The van der Waals surface area contributed by atoms with Crippen LogP contribution in [0.4, 0.5) is 0 Å². The highest BCUT2D eigenvalue weighted by Gasteiger charge is 2.28. The third-order valence-corrected chi connectivity index (χ3v) is 7.04. The van der Waals surface area contributed by atoms with E-state index >= 15 is 0 Å². The van der Waals surface area contributed by atoms with Crippen LogP contribution in [0.15, 0.2) is 84.5 Å². The predicted octanol–water partition coefficient (Wildman–Crippen LogP) is 8.56. The molecular formula is C31H45N. The smallest absolute Gasteiger partial charge is 0.00927 e. The minimum absolute atomic E-state index is 0.501. The van der Waals surface area contributed by atoms with Gasteiger partial charge in [-0.05, 0) is 93.2 Å². The van der Waals surface area contributed by atoms with E-state index in [0.29, 0.717) is 11.8 Å². The number of hydrogen-bond acceptors (Lipinski definition) is 1. The quantitative estimate of drug-likeness (QED) is 0.211. The lowest BCUT2D eigenvalue weighted by molar-refractivity contribution is 0.122. The van der Waals surface area contributed by atoms with Crippen molar-refractivity contribution >= 4 is 0 Å². The number of unbranched alkanes of at least 4 members (excludes halogenated alkanes) is 2. The maximum atomic E-state index is 4.36. The highest BCUT2D eigenvalue weighted by atomic mass is 15.2. The minimum atomic E-state index is 0.501. The summed E-state index contributed by atoms with van der Waals surface area (Å²) in [6.45, 7) is 29.4. The van der Waals surface area contributed by atoms with E-state index < -0.39 is 0 Å². The third kappa shape index (κ3) is 7.48. The number of allylic oxidation sites excluding steroid dienone is 5. The number of aryl methyl sites for hydroxylation is 1. The zero-order valence-corrected chi connectivity index (χ0v) is 21.2. The first-order valence-corrected chi connectivity index (χ1v) is 12.4. The van der Waals surface area contributed by atoms with Crippen LogP contribution >= 0.6 is 0 Å². The number of nitrogens with zero attached hydrogens (tertiary/aromatic N) is 1. The molecule has 1 unspecified atom stereocenters. The van der Waals surface area contributed by atoms with Crippen LogP contribution in [0.5, 0.6) is 0 Å². The molecule has 0 saturated carbocycles. The maximum Gasteiger partial charge on any atom is 0.00927 e. The molecule has 1 aromatic carbocycles. The Hall–Kier alpha value is -2.12.